The maximum atomic E-state index is 13.1. The van der Waals surface area contributed by atoms with Gasteiger partial charge in [-0.3, -0.25) is 14.6 Å². The number of pyridine rings is 1. The predicted molar refractivity (Wildman–Crippen MR) is 132 cm³/mol. The van der Waals surface area contributed by atoms with Gasteiger partial charge in [-0.25, -0.2) is 0 Å². The van der Waals surface area contributed by atoms with Gasteiger partial charge in [-0.05, 0) is 54.3 Å². The quantitative estimate of drug-likeness (QED) is 0.215. The average molecular weight is 473 g/mol. The lowest BCUT2D eigenvalue weighted by atomic mass is 9.94. The highest BCUT2D eigenvalue weighted by Crippen LogP contribution is 2.40. The Labute approximate surface area is 204 Å². The van der Waals surface area contributed by atoms with Crippen LogP contribution in [0.25, 0.3) is 5.76 Å². The van der Waals surface area contributed by atoms with E-state index in [1.807, 2.05) is 43.3 Å². The molecule has 7 heteroatoms. The van der Waals surface area contributed by atoms with Crippen LogP contribution >= 0.6 is 0 Å². The van der Waals surface area contributed by atoms with E-state index in [4.69, 9.17) is 9.47 Å². The number of likely N-dealkylation sites (tertiary alicyclic amines) is 1. The first-order valence-corrected chi connectivity index (χ1v) is 11.5. The van der Waals surface area contributed by atoms with E-state index in [1.165, 1.54) is 4.90 Å². The van der Waals surface area contributed by atoms with E-state index in [-0.39, 0.29) is 11.3 Å². The molecule has 1 aliphatic heterocycles. The zero-order valence-electron chi connectivity index (χ0n) is 19.8. The van der Waals surface area contributed by atoms with Gasteiger partial charge in [0.05, 0.1) is 11.6 Å². The average Bonchev–Trinajstić information content (AvgIpc) is 3.13. The third kappa shape index (κ3) is 5.25. The van der Waals surface area contributed by atoms with E-state index < -0.39 is 17.7 Å². The zero-order valence-corrected chi connectivity index (χ0v) is 19.8. The SMILES string of the molecule is COCCCN1C(=O)C(=O)C(=C(O)c2ccc(OCc3ccccc3)cc2C)[C@@H]1c1cccnc1. The maximum absolute atomic E-state index is 13.1. The summed E-state index contributed by atoms with van der Waals surface area (Å²) >= 11 is 0. The first kappa shape index (κ1) is 24.2. The molecule has 35 heavy (non-hydrogen) atoms. The molecule has 0 saturated carbocycles. The fraction of sp³-hybridized carbons (Fsp3) is 0.250. The number of carbonyl (C=O) groups excluding carboxylic acids is 2. The van der Waals surface area contributed by atoms with Crippen molar-refractivity contribution < 1.29 is 24.2 Å². The van der Waals surface area contributed by atoms with Crippen molar-refractivity contribution in [2.45, 2.75) is 26.0 Å². The first-order chi connectivity index (χ1) is 17.0. The fourth-order valence-electron chi connectivity index (χ4n) is 4.25. The molecule has 0 radical (unpaired) electrons. The Hall–Kier alpha value is -3.97. The van der Waals surface area contributed by atoms with Crippen molar-refractivity contribution >= 4 is 17.4 Å². The van der Waals surface area contributed by atoms with Crippen LogP contribution in [0.3, 0.4) is 0 Å². The van der Waals surface area contributed by atoms with Gasteiger partial charge in [-0.2, -0.15) is 0 Å². The number of aromatic nitrogens is 1. The Morgan fingerprint density at radius 3 is 2.57 bits per heavy atom. The van der Waals surface area contributed by atoms with Crippen molar-refractivity contribution in [3.8, 4) is 5.75 Å². The Bertz CT molecular complexity index is 1220. The molecule has 0 aliphatic carbocycles. The second-order valence-electron chi connectivity index (χ2n) is 8.38. The number of benzene rings is 2. The van der Waals surface area contributed by atoms with Crippen molar-refractivity contribution in [2.75, 3.05) is 20.3 Å². The molecule has 1 aliphatic rings. The van der Waals surface area contributed by atoms with Crippen LogP contribution in [0.5, 0.6) is 5.75 Å². The third-order valence-corrected chi connectivity index (χ3v) is 5.99. The third-order valence-electron chi connectivity index (χ3n) is 5.99. The zero-order chi connectivity index (χ0) is 24.8. The van der Waals surface area contributed by atoms with E-state index in [1.54, 1.807) is 43.8 Å². The minimum Gasteiger partial charge on any atom is -0.507 e. The van der Waals surface area contributed by atoms with Crippen molar-refractivity contribution in [3.05, 3.63) is 101 Å². The minimum absolute atomic E-state index is 0.0569. The number of hydrogen-bond acceptors (Lipinski definition) is 6. The monoisotopic (exact) mass is 472 g/mol. The molecule has 7 nitrogen and oxygen atoms in total. The molecular formula is C28H28N2O5. The summed E-state index contributed by atoms with van der Waals surface area (Å²) < 4.78 is 11.0. The van der Waals surface area contributed by atoms with Gasteiger partial charge in [0.2, 0.25) is 0 Å². The molecule has 3 aromatic rings. The van der Waals surface area contributed by atoms with Crippen LogP contribution in [0.2, 0.25) is 0 Å². The lowest BCUT2D eigenvalue weighted by Gasteiger charge is -2.25. The van der Waals surface area contributed by atoms with E-state index in [0.29, 0.717) is 43.1 Å². The van der Waals surface area contributed by atoms with Crippen molar-refractivity contribution in [1.29, 1.82) is 0 Å². The van der Waals surface area contributed by atoms with Gasteiger partial charge in [0.15, 0.2) is 0 Å². The van der Waals surface area contributed by atoms with Crippen LogP contribution in [0.1, 0.15) is 34.7 Å². The second-order valence-corrected chi connectivity index (χ2v) is 8.38. The Morgan fingerprint density at radius 2 is 1.89 bits per heavy atom. The highest BCUT2D eigenvalue weighted by molar-refractivity contribution is 6.46. The summed E-state index contributed by atoms with van der Waals surface area (Å²) in [4.78, 5) is 31.7. The van der Waals surface area contributed by atoms with Crippen LogP contribution in [0.15, 0.2) is 78.6 Å². The van der Waals surface area contributed by atoms with Crippen LogP contribution in [0, 0.1) is 6.92 Å². The number of aliphatic hydroxyl groups excluding tert-OH is 1. The fourth-order valence-corrected chi connectivity index (χ4v) is 4.25. The summed E-state index contributed by atoms with van der Waals surface area (Å²) in [6, 6.07) is 17.9. The summed E-state index contributed by atoms with van der Waals surface area (Å²) in [6.45, 7) is 3.02. The largest absolute Gasteiger partial charge is 0.507 e. The number of ether oxygens (including phenoxy) is 2. The van der Waals surface area contributed by atoms with Gasteiger partial charge < -0.3 is 19.5 Å². The number of aryl methyl sites for hydroxylation is 1. The molecule has 1 saturated heterocycles. The van der Waals surface area contributed by atoms with E-state index in [9.17, 15) is 14.7 Å². The van der Waals surface area contributed by atoms with E-state index in [2.05, 4.69) is 4.98 Å². The van der Waals surface area contributed by atoms with Crippen LogP contribution in [-0.4, -0.2) is 46.9 Å². The van der Waals surface area contributed by atoms with E-state index in [0.717, 1.165) is 11.1 Å². The van der Waals surface area contributed by atoms with Crippen molar-refractivity contribution in [3.63, 3.8) is 0 Å². The standard InChI is InChI=1S/C28H28N2O5/c1-19-16-22(35-18-20-8-4-3-5-9-20)11-12-23(19)26(31)24-25(21-10-6-13-29-17-21)30(14-7-15-34-2)28(33)27(24)32/h3-6,8-13,16-17,25,31H,7,14-15,18H2,1-2H3/t25-/m0/s1. The summed E-state index contributed by atoms with van der Waals surface area (Å²) in [5.74, 6) is -0.917. The smallest absolute Gasteiger partial charge is 0.295 e. The minimum atomic E-state index is -0.728. The summed E-state index contributed by atoms with van der Waals surface area (Å²) in [5, 5.41) is 11.3. The van der Waals surface area contributed by atoms with Gasteiger partial charge in [0, 0.05) is 38.2 Å². The maximum Gasteiger partial charge on any atom is 0.295 e. The van der Waals surface area contributed by atoms with Crippen molar-refractivity contribution in [2.24, 2.45) is 0 Å². The molecule has 1 aromatic heterocycles. The number of amides is 1. The Balaban J connectivity index is 1.67. The molecule has 1 fully saturated rings. The van der Waals surface area contributed by atoms with E-state index >= 15 is 0 Å². The van der Waals surface area contributed by atoms with Crippen LogP contribution in [0.4, 0.5) is 0 Å². The number of hydrogen-bond donors (Lipinski definition) is 1. The molecule has 0 unspecified atom stereocenters. The van der Waals surface area contributed by atoms with Crippen molar-refractivity contribution in [1.82, 2.24) is 9.88 Å². The Morgan fingerprint density at radius 1 is 1.09 bits per heavy atom. The highest BCUT2D eigenvalue weighted by atomic mass is 16.5. The first-order valence-electron chi connectivity index (χ1n) is 11.5. The molecule has 0 spiro atoms. The number of nitrogens with zero attached hydrogens (tertiary/aromatic N) is 2. The Kier molecular flexibility index (Phi) is 7.57. The van der Waals surface area contributed by atoms with Gasteiger partial charge in [-0.15, -0.1) is 0 Å². The number of carbonyl (C=O) groups is 2. The molecule has 1 amide bonds. The highest BCUT2D eigenvalue weighted by Gasteiger charge is 2.46. The molecular weight excluding hydrogens is 444 g/mol. The molecule has 1 atom stereocenters. The molecule has 1 N–H and O–H groups in total. The molecule has 180 valence electrons. The molecule has 0 bridgehead atoms. The predicted octanol–water partition coefficient (Wildman–Crippen LogP) is 4.43. The summed E-state index contributed by atoms with van der Waals surface area (Å²) in [5.41, 5.74) is 2.96. The number of Topliss-reactive ketones (excluding diaryl/α,β-unsaturated/α-hetero) is 1. The number of aliphatic hydroxyl groups is 1. The topological polar surface area (TPSA) is 89.0 Å². The number of rotatable bonds is 9. The molecule has 2 heterocycles. The van der Waals surface area contributed by atoms with Crippen LogP contribution in [-0.2, 0) is 20.9 Å². The van der Waals surface area contributed by atoms with Gasteiger partial charge in [-0.1, -0.05) is 36.4 Å². The lowest BCUT2D eigenvalue weighted by Crippen LogP contribution is -2.31. The van der Waals surface area contributed by atoms with Gasteiger partial charge in [0.1, 0.15) is 18.1 Å². The summed E-state index contributed by atoms with van der Waals surface area (Å²) in [7, 11) is 1.59. The summed E-state index contributed by atoms with van der Waals surface area (Å²) in [6.07, 6.45) is 3.80. The lowest BCUT2D eigenvalue weighted by molar-refractivity contribution is -0.140. The van der Waals surface area contributed by atoms with Crippen LogP contribution < -0.4 is 4.74 Å². The number of methoxy groups -OCH3 is 1. The number of ketones is 1. The molecule has 4 rings (SSSR count). The normalized spacial score (nSPS) is 17.1. The van der Waals surface area contributed by atoms with Gasteiger partial charge in [0.25, 0.3) is 11.7 Å². The van der Waals surface area contributed by atoms with Gasteiger partial charge >= 0.3 is 0 Å². The molecule has 2 aromatic carbocycles. The second kappa shape index (κ2) is 11.0.